The molecule has 0 fully saturated rings. The van der Waals surface area contributed by atoms with Crippen molar-refractivity contribution < 1.29 is 9.90 Å². The summed E-state index contributed by atoms with van der Waals surface area (Å²) in [7, 11) is 0. The zero-order valence-electron chi connectivity index (χ0n) is 10.3. The van der Waals surface area contributed by atoms with Gasteiger partial charge >= 0.3 is 5.97 Å². The Balaban J connectivity index is 3.67. The van der Waals surface area contributed by atoms with Gasteiger partial charge in [-0.25, -0.2) is 0 Å². The van der Waals surface area contributed by atoms with Gasteiger partial charge in [0.15, 0.2) is 0 Å². The van der Waals surface area contributed by atoms with Gasteiger partial charge < -0.3 is 10.4 Å². The van der Waals surface area contributed by atoms with Crippen molar-refractivity contribution in [3.63, 3.8) is 0 Å². The van der Waals surface area contributed by atoms with E-state index >= 15 is 0 Å². The van der Waals surface area contributed by atoms with Crippen molar-refractivity contribution in [3.05, 3.63) is 0 Å². The SMILES string of the molecule is CCC(CC)(CC)NCCCCC(=O)O. The summed E-state index contributed by atoms with van der Waals surface area (Å²) in [6.07, 6.45) is 5.43. The lowest BCUT2D eigenvalue weighted by Crippen LogP contribution is -2.44. The first-order valence-electron chi connectivity index (χ1n) is 6.07. The lowest BCUT2D eigenvalue weighted by atomic mass is 9.90. The highest BCUT2D eigenvalue weighted by molar-refractivity contribution is 5.66. The van der Waals surface area contributed by atoms with Crippen LogP contribution in [-0.4, -0.2) is 23.2 Å². The van der Waals surface area contributed by atoms with Crippen LogP contribution in [0.2, 0.25) is 0 Å². The predicted octanol–water partition coefficient (Wildman–Crippen LogP) is 2.80. The molecule has 3 heteroatoms. The second kappa shape index (κ2) is 7.69. The van der Waals surface area contributed by atoms with Crippen molar-refractivity contribution >= 4 is 5.97 Å². The Morgan fingerprint density at radius 3 is 2.07 bits per heavy atom. The van der Waals surface area contributed by atoms with Crippen molar-refractivity contribution in [2.24, 2.45) is 0 Å². The monoisotopic (exact) mass is 215 g/mol. The van der Waals surface area contributed by atoms with Crippen LogP contribution in [0.5, 0.6) is 0 Å². The summed E-state index contributed by atoms with van der Waals surface area (Å²) in [5.74, 6) is -0.692. The number of unbranched alkanes of at least 4 members (excludes halogenated alkanes) is 1. The average Bonchev–Trinajstić information content (AvgIpc) is 2.24. The average molecular weight is 215 g/mol. The first kappa shape index (κ1) is 14.4. The Labute approximate surface area is 93.3 Å². The number of aliphatic carboxylic acids is 1. The van der Waals surface area contributed by atoms with Crippen molar-refractivity contribution in [2.45, 2.75) is 64.8 Å². The molecule has 0 aromatic heterocycles. The molecule has 0 aliphatic rings. The van der Waals surface area contributed by atoms with Gasteiger partial charge in [-0.15, -0.1) is 0 Å². The van der Waals surface area contributed by atoms with Crippen LogP contribution in [0.4, 0.5) is 0 Å². The molecule has 90 valence electrons. The van der Waals surface area contributed by atoms with E-state index in [4.69, 9.17) is 5.11 Å². The van der Waals surface area contributed by atoms with E-state index in [9.17, 15) is 4.79 Å². The quantitative estimate of drug-likeness (QED) is 0.581. The van der Waals surface area contributed by atoms with Crippen molar-refractivity contribution in [3.8, 4) is 0 Å². The second-order valence-electron chi connectivity index (χ2n) is 4.12. The smallest absolute Gasteiger partial charge is 0.303 e. The van der Waals surface area contributed by atoms with E-state index in [-0.39, 0.29) is 5.54 Å². The summed E-state index contributed by atoms with van der Waals surface area (Å²) in [6.45, 7) is 7.55. The summed E-state index contributed by atoms with van der Waals surface area (Å²) >= 11 is 0. The van der Waals surface area contributed by atoms with Gasteiger partial charge in [0.25, 0.3) is 0 Å². The maximum atomic E-state index is 10.3. The fourth-order valence-electron chi connectivity index (χ4n) is 1.88. The van der Waals surface area contributed by atoms with Gasteiger partial charge in [-0.05, 0) is 38.6 Å². The lowest BCUT2D eigenvalue weighted by Gasteiger charge is -2.32. The van der Waals surface area contributed by atoms with Gasteiger partial charge in [0.2, 0.25) is 0 Å². The molecule has 2 N–H and O–H groups in total. The lowest BCUT2D eigenvalue weighted by molar-refractivity contribution is -0.137. The molecular formula is C12H25NO2. The van der Waals surface area contributed by atoms with Crippen LogP contribution in [0.25, 0.3) is 0 Å². The molecule has 0 bridgehead atoms. The Morgan fingerprint density at radius 1 is 1.13 bits per heavy atom. The molecule has 0 amide bonds. The van der Waals surface area contributed by atoms with Crippen LogP contribution in [0.15, 0.2) is 0 Å². The van der Waals surface area contributed by atoms with E-state index in [1.165, 1.54) is 0 Å². The van der Waals surface area contributed by atoms with E-state index in [1.54, 1.807) is 0 Å². The van der Waals surface area contributed by atoms with Crippen LogP contribution in [-0.2, 0) is 4.79 Å². The first-order valence-corrected chi connectivity index (χ1v) is 6.07. The van der Waals surface area contributed by atoms with E-state index in [1.807, 2.05) is 0 Å². The summed E-state index contributed by atoms with van der Waals surface area (Å²) < 4.78 is 0. The van der Waals surface area contributed by atoms with E-state index in [2.05, 4.69) is 26.1 Å². The first-order chi connectivity index (χ1) is 7.10. The Hall–Kier alpha value is -0.570. The van der Waals surface area contributed by atoms with E-state index in [0.29, 0.717) is 6.42 Å². The van der Waals surface area contributed by atoms with Gasteiger partial charge in [0, 0.05) is 12.0 Å². The molecule has 3 nitrogen and oxygen atoms in total. The van der Waals surface area contributed by atoms with Crippen LogP contribution >= 0.6 is 0 Å². The summed E-state index contributed by atoms with van der Waals surface area (Å²) in [5, 5.41) is 12.1. The number of carbonyl (C=O) groups is 1. The fourth-order valence-corrected chi connectivity index (χ4v) is 1.88. The van der Waals surface area contributed by atoms with Crippen molar-refractivity contribution in [2.75, 3.05) is 6.54 Å². The van der Waals surface area contributed by atoms with Gasteiger partial charge in [0.05, 0.1) is 0 Å². The van der Waals surface area contributed by atoms with Crippen LogP contribution in [0.3, 0.4) is 0 Å². The maximum absolute atomic E-state index is 10.3. The van der Waals surface area contributed by atoms with Crippen LogP contribution in [0.1, 0.15) is 59.3 Å². The molecule has 0 saturated heterocycles. The summed E-state index contributed by atoms with van der Waals surface area (Å²) in [5.41, 5.74) is 0.267. The summed E-state index contributed by atoms with van der Waals surface area (Å²) in [4.78, 5) is 10.3. The highest BCUT2D eigenvalue weighted by Crippen LogP contribution is 2.19. The van der Waals surface area contributed by atoms with Gasteiger partial charge in [0.1, 0.15) is 0 Å². The number of hydrogen-bond acceptors (Lipinski definition) is 2. The zero-order chi connectivity index (χ0) is 11.7. The fraction of sp³-hybridized carbons (Fsp3) is 0.917. The number of nitrogens with one attached hydrogen (secondary N) is 1. The molecule has 0 saturated carbocycles. The number of carboxylic acids is 1. The van der Waals surface area contributed by atoms with Crippen molar-refractivity contribution in [1.82, 2.24) is 5.32 Å². The maximum Gasteiger partial charge on any atom is 0.303 e. The Bertz CT molecular complexity index is 168. The van der Waals surface area contributed by atoms with Gasteiger partial charge in [-0.3, -0.25) is 4.79 Å². The Morgan fingerprint density at radius 2 is 1.67 bits per heavy atom. The van der Waals surface area contributed by atoms with Crippen LogP contribution in [0, 0.1) is 0 Å². The molecular weight excluding hydrogens is 190 g/mol. The zero-order valence-corrected chi connectivity index (χ0v) is 10.3. The second-order valence-corrected chi connectivity index (χ2v) is 4.12. The minimum absolute atomic E-state index is 0.267. The molecule has 0 unspecified atom stereocenters. The number of hydrogen-bond donors (Lipinski definition) is 2. The van der Waals surface area contributed by atoms with E-state index < -0.39 is 5.97 Å². The minimum atomic E-state index is -0.692. The van der Waals surface area contributed by atoms with E-state index in [0.717, 1.165) is 38.6 Å². The molecule has 0 radical (unpaired) electrons. The third kappa shape index (κ3) is 5.78. The minimum Gasteiger partial charge on any atom is -0.481 e. The molecule has 0 aromatic rings. The summed E-state index contributed by atoms with van der Waals surface area (Å²) in [6, 6.07) is 0. The molecule has 0 spiro atoms. The molecule has 0 aromatic carbocycles. The highest BCUT2D eigenvalue weighted by atomic mass is 16.4. The largest absolute Gasteiger partial charge is 0.481 e. The topological polar surface area (TPSA) is 49.3 Å². The predicted molar refractivity (Wildman–Crippen MR) is 63.1 cm³/mol. The highest BCUT2D eigenvalue weighted by Gasteiger charge is 2.21. The molecule has 0 heterocycles. The van der Waals surface area contributed by atoms with Gasteiger partial charge in [-0.1, -0.05) is 20.8 Å². The molecule has 0 rings (SSSR count). The third-order valence-corrected chi connectivity index (χ3v) is 3.35. The van der Waals surface area contributed by atoms with Crippen molar-refractivity contribution in [1.29, 1.82) is 0 Å². The third-order valence-electron chi connectivity index (χ3n) is 3.35. The number of carboxylic acid groups (broad SMARTS) is 1. The molecule has 0 atom stereocenters. The molecule has 0 aliphatic carbocycles. The Kier molecular flexibility index (Phi) is 7.39. The standard InChI is InChI=1S/C12H25NO2/c1-4-12(5-2,6-3)13-10-8-7-9-11(14)15/h13H,4-10H2,1-3H3,(H,14,15). The van der Waals surface area contributed by atoms with Crippen LogP contribution < -0.4 is 5.32 Å². The molecule has 0 aliphatic heterocycles. The number of rotatable bonds is 9. The molecule has 15 heavy (non-hydrogen) atoms. The normalized spacial score (nSPS) is 11.7. The van der Waals surface area contributed by atoms with Gasteiger partial charge in [-0.2, -0.15) is 0 Å².